The summed E-state index contributed by atoms with van der Waals surface area (Å²) >= 11 is 0. The fraction of sp³-hybridized carbons (Fsp3) is 0.400. The number of benzene rings is 1. The second kappa shape index (κ2) is 7.04. The van der Waals surface area contributed by atoms with Gasteiger partial charge in [-0.05, 0) is 37.8 Å². The Morgan fingerprint density at radius 3 is 2.88 bits per heavy atom. The first-order chi connectivity index (χ1) is 11.6. The van der Waals surface area contributed by atoms with Gasteiger partial charge < -0.3 is 10.1 Å². The minimum atomic E-state index is 0.0302. The van der Waals surface area contributed by atoms with Crippen LogP contribution in [-0.2, 0) is 11.2 Å². The molecule has 24 heavy (non-hydrogen) atoms. The van der Waals surface area contributed by atoms with Crippen LogP contribution in [0.1, 0.15) is 43.9 Å². The lowest BCUT2D eigenvalue weighted by Gasteiger charge is -2.17. The summed E-state index contributed by atoms with van der Waals surface area (Å²) in [6.07, 6.45) is 3.41. The Morgan fingerprint density at radius 1 is 1.29 bits per heavy atom. The Labute approximate surface area is 142 Å². The summed E-state index contributed by atoms with van der Waals surface area (Å²) < 4.78 is 0. The van der Waals surface area contributed by atoms with E-state index in [4.69, 9.17) is 0 Å². The number of allylic oxidation sites excluding steroid dienone is 2. The van der Waals surface area contributed by atoms with E-state index < -0.39 is 0 Å². The highest BCUT2D eigenvalue weighted by Gasteiger charge is 2.24. The first-order valence-corrected chi connectivity index (χ1v) is 8.67. The molecule has 0 aliphatic heterocycles. The summed E-state index contributed by atoms with van der Waals surface area (Å²) in [7, 11) is 0. The van der Waals surface area contributed by atoms with Gasteiger partial charge in [-0.25, -0.2) is 0 Å². The van der Waals surface area contributed by atoms with E-state index in [2.05, 4.69) is 29.0 Å². The molecule has 1 fully saturated rings. The third kappa shape index (κ3) is 3.14. The van der Waals surface area contributed by atoms with Crippen molar-refractivity contribution in [2.24, 2.45) is 4.99 Å². The largest absolute Gasteiger partial charge is 0.512 e. The lowest BCUT2D eigenvalue weighted by atomic mass is 9.90. The molecule has 1 saturated carbocycles. The number of rotatable bonds is 4. The maximum atomic E-state index is 12.1. The van der Waals surface area contributed by atoms with Crippen molar-refractivity contribution >= 4 is 22.4 Å². The molecule has 1 aliphatic carbocycles. The van der Waals surface area contributed by atoms with Gasteiger partial charge in [-0.1, -0.05) is 25.1 Å². The molecule has 2 aromatic rings. The van der Waals surface area contributed by atoms with Gasteiger partial charge in [0.15, 0.2) is 5.78 Å². The van der Waals surface area contributed by atoms with Crippen molar-refractivity contribution in [3.05, 3.63) is 46.9 Å². The van der Waals surface area contributed by atoms with E-state index >= 15 is 0 Å². The van der Waals surface area contributed by atoms with Gasteiger partial charge in [0.1, 0.15) is 5.76 Å². The van der Waals surface area contributed by atoms with Crippen LogP contribution in [0.2, 0.25) is 0 Å². The van der Waals surface area contributed by atoms with E-state index in [-0.39, 0.29) is 11.5 Å². The smallest absolute Gasteiger partial charge is 0.168 e. The zero-order chi connectivity index (χ0) is 17.1. The third-order valence-electron chi connectivity index (χ3n) is 4.70. The van der Waals surface area contributed by atoms with Crippen molar-refractivity contribution in [1.29, 1.82) is 0 Å². The Balaban J connectivity index is 1.82. The van der Waals surface area contributed by atoms with Crippen LogP contribution < -0.4 is 0 Å². The molecule has 0 unspecified atom stereocenters. The third-order valence-corrected chi connectivity index (χ3v) is 4.70. The van der Waals surface area contributed by atoms with E-state index in [0.717, 1.165) is 30.5 Å². The average molecular weight is 324 g/mol. The number of ketones is 1. The molecule has 0 amide bonds. The topological polar surface area (TPSA) is 65.4 Å². The van der Waals surface area contributed by atoms with Gasteiger partial charge in [0.05, 0.1) is 5.57 Å². The van der Waals surface area contributed by atoms with Gasteiger partial charge in [0.25, 0.3) is 0 Å². The molecule has 1 heterocycles. The van der Waals surface area contributed by atoms with E-state index in [1.165, 1.54) is 16.6 Å². The molecule has 4 heteroatoms. The number of H-pyrrole nitrogens is 1. The van der Waals surface area contributed by atoms with Crippen LogP contribution in [0.3, 0.4) is 0 Å². The monoisotopic (exact) mass is 324 g/mol. The number of aromatic nitrogens is 1. The molecule has 0 saturated heterocycles. The fourth-order valence-corrected chi connectivity index (χ4v) is 3.45. The van der Waals surface area contributed by atoms with Crippen LogP contribution in [0.5, 0.6) is 0 Å². The Kier molecular flexibility index (Phi) is 4.84. The number of nitrogens with one attached hydrogen (secondary N) is 1. The Hall–Kier alpha value is -2.36. The average Bonchev–Trinajstić information content (AvgIpc) is 2.90. The number of aliphatic imine (C=N–C) groups is 1. The van der Waals surface area contributed by atoms with Crippen LogP contribution in [0.4, 0.5) is 0 Å². The second-order valence-corrected chi connectivity index (χ2v) is 6.30. The van der Waals surface area contributed by atoms with Crippen molar-refractivity contribution in [2.45, 2.75) is 46.0 Å². The van der Waals surface area contributed by atoms with Crippen molar-refractivity contribution in [3.63, 3.8) is 0 Å². The Morgan fingerprint density at radius 2 is 2.08 bits per heavy atom. The number of hydrogen-bond donors (Lipinski definition) is 2. The van der Waals surface area contributed by atoms with Gasteiger partial charge in [0, 0.05) is 41.7 Å². The van der Waals surface area contributed by atoms with Gasteiger partial charge in [0.2, 0.25) is 0 Å². The molecule has 1 aliphatic rings. The summed E-state index contributed by atoms with van der Waals surface area (Å²) in [5, 5.41) is 11.3. The van der Waals surface area contributed by atoms with E-state index in [9.17, 15) is 9.90 Å². The molecule has 4 nitrogen and oxygen atoms in total. The highest BCUT2D eigenvalue weighted by molar-refractivity contribution is 6.24. The lowest BCUT2D eigenvalue weighted by molar-refractivity contribution is -0.115. The van der Waals surface area contributed by atoms with E-state index in [1.807, 2.05) is 19.1 Å². The van der Waals surface area contributed by atoms with E-state index in [0.29, 0.717) is 25.0 Å². The van der Waals surface area contributed by atoms with Gasteiger partial charge in [-0.2, -0.15) is 0 Å². The molecule has 1 aromatic heterocycles. The highest BCUT2D eigenvalue weighted by atomic mass is 16.3. The number of carbonyl (C=O) groups is 1. The van der Waals surface area contributed by atoms with Crippen LogP contribution in [-0.4, -0.2) is 28.1 Å². The maximum absolute atomic E-state index is 12.1. The normalized spacial score (nSPS) is 19.2. The second-order valence-electron chi connectivity index (χ2n) is 6.30. The number of Topliss-reactive ketones (excluding diaryl/α,β-unsaturated/α-hetero) is 1. The molecule has 126 valence electrons. The van der Waals surface area contributed by atoms with Crippen molar-refractivity contribution in [2.75, 3.05) is 6.54 Å². The van der Waals surface area contributed by atoms with Gasteiger partial charge in [-0.15, -0.1) is 0 Å². The number of hydrogen-bond acceptors (Lipinski definition) is 3. The number of carbonyl (C=O) groups excluding carboxylic acids is 1. The molecule has 2 N–H and O–H groups in total. The molecule has 1 aromatic carbocycles. The van der Waals surface area contributed by atoms with Crippen LogP contribution in [0.25, 0.3) is 10.9 Å². The predicted octanol–water partition coefficient (Wildman–Crippen LogP) is 4.43. The number of aliphatic hydroxyl groups excluding tert-OH is 1. The van der Waals surface area contributed by atoms with Crippen LogP contribution >= 0.6 is 0 Å². The zero-order valence-electron chi connectivity index (χ0n) is 14.4. The Bertz CT molecular complexity index is 827. The minimum absolute atomic E-state index is 0.0302. The van der Waals surface area contributed by atoms with Gasteiger partial charge in [-0.3, -0.25) is 9.79 Å². The van der Waals surface area contributed by atoms with Crippen molar-refractivity contribution in [1.82, 2.24) is 4.98 Å². The van der Waals surface area contributed by atoms with Crippen molar-refractivity contribution in [3.8, 4) is 0 Å². The summed E-state index contributed by atoms with van der Waals surface area (Å²) in [6.45, 7) is 4.57. The summed E-state index contributed by atoms with van der Waals surface area (Å²) in [4.78, 5) is 20.2. The first kappa shape index (κ1) is 16.5. The summed E-state index contributed by atoms with van der Waals surface area (Å²) in [6, 6.07) is 8.28. The molecule has 0 atom stereocenters. The molecule has 0 radical (unpaired) electrons. The standard InChI is InChI=1S/C20H24N2O2/c1-3-18(23)20-17(9-6-10-19(20)24)21-12-11-14-13(2)22-16-8-5-4-7-15(14)16/h4-5,7-8,22-23H,3,6,9-12H2,1-2H3. The fourth-order valence-electron chi connectivity index (χ4n) is 3.45. The first-order valence-electron chi connectivity index (χ1n) is 8.67. The summed E-state index contributed by atoms with van der Waals surface area (Å²) in [5.41, 5.74) is 4.85. The number of aromatic amines is 1. The molecule has 3 rings (SSSR count). The quantitative estimate of drug-likeness (QED) is 0.645. The van der Waals surface area contributed by atoms with Crippen LogP contribution in [0.15, 0.2) is 40.6 Å². The van der Waals surface area contributed by atoms with E-state index in [1.54, 1.807) is 0 Å². The molecule has 0 bridgehead atoms. The predicted molar refractivity (Wildman–Crippen MR) is 97.8 cm³/mol. The number of aryl methyl sites for hydroxylation is 1. The lowest BCUT2D eigenvalue weighted by Crippen LogP contribution is -2.21. The van der Waals surface area contributed by atoms with Crippen LogP contribution in [0, 0.1) is 6.92 Å². The number of para-hydroxylation sites is 1. The van der Waals surface area contributed by atoms with Crippen molar-refractivity contribution < 1.29 is 9.90 Å². The van der Waals surface area contributed by atoms with Gasteiger partial charge >= 0.3 is 0 Å². The summed E-state index contributed by atoms with van der Waals surface area (Å²) in [5.74, 6) is 0.212. The zero-order valence-corrected chi connectivity index (χ0v) is 14.4. The molecular weight excluding hydrogens is 300 g/mol. The highest BCUT2D eigenvalue weighted by Crippen LogP contribution is 2.24. The minimum Gasteiger partial charge on any atom is -0.512 e. The number of aliphatic hydroxyl groups is 1. The maximum Gasteiger partial charge on any atom is 0.168 e. The number of fused-ring (bicyclic) bond motifs is 1. The number of nitrogens with zero attached hydrogens (tertiary/aromatic N) is 1. The molecular formula is C20H24N2O2. The SMILES string of the molecule is CCC(O)=C1C(=O)CCCC1=NCCc1c(C)[nH]c2ccccc12. The molecule has 0 spiro atoms.